The molecule has 0 aliphatic rings. The van der Waals surface area contributed by atoms with Gasteiger partial charge in [-0.25, -0.2) is 9.37 Å². The average molecular weight is 387 g/mol. The third-order valence-corrected chi connectivity index (χ3v) is 4.59. The summed E-state index contributed by atoms with van der Waals surface area (Å²) in [5, 5.41) is 13.1. The number of hydrogen-bond acceptors (Lipinski definition) is 7. The van der Waals surface area contributed by atoms with Crippen LogP contribution in [-0.2, 0) is 11.3 Å². The predicted octanol–water partition coefficient (Wildman–Crippen LogP) is 1.58. The smallest absolute Gasteiger partial charge is 0.278 e. The van der Waals surface area contributed by atoms with Gasteiger partial charge >= 0.3 is 0 Å². The Kier molecular flexibility index (Phi) is 4.65. The maximum atomic E-state index is 14.5. The van der Waals surface area contributed by atoms with Crippen LogP contribution >= 0.6 is 0 Å². The first kappa shape index (κ1) is 18.3. The van der Waals surface area contributed by atoms with E-state index in [1.165, 1.54) is 28.5 Å². The van der Waals surface area contributed by atoms with E-state index in [4.69, 9.17) is 9.26 Å². The van der Waals surface area contributed by atoms with Crippen LogP contribution in [0.1, 0.15) is 18.7 Å². The molecule has 0 saturated carbocycles. The number of halogens is 1. The Morgan fingerprint density at radius 1 is 1.36 bits per heavy atom. The summed E-state index contributed by atoms with van der Waals surface area (Å²) in [7, 11) is 1.51. The lowest BCUT2D eigenvalue weighted by molar-refractivity contribution is 0.187. The average Bonchev–Trinajstić information content (AvgIpc) is 3.35. The van der Waals surface area contributed by atoms with Gasteiger partial charge < -0.3 is 18.9 Å². The molecule has 0 aliphatic heterocycles. The van der Waals surface area contributed by atoms with Crippen LogP contribution in [0.25, 0.3) is 28.1 Å². The number of hydrogen-bond donors (Lipinski definition) is 1. The summed E-state index contributed by atoms with van der Waals surface area (Å²) in [5.74, 6) is -0.464. The van der Waals surface area contributed by atoms with Gasteiger partial charge in [0.15, 0.2) is 11.5 Å². The van der Waals surface area contributed by atoms with E-state index in [9.17, 15) is 14.3 Å². The van der Waals surface area contributed by atoms with Crippen LogP contribution in [0, 0.1) is 5.82 Å². The van der Waals surface area contributed by atoms with Crippen LogP contribution < -0.4 is 5.56 Å². The Morgan fingerprint density at radius 2 is 2.18 bits per heavy atom. The third kappa shape index (κ3) is 2.77. The van der Waals surface area contributed by atoms with E-state index >= 15 is 0 Å². The second-order valence-corrected chi connectivity index (χ2v) is 6.41. The highest BCUT2D eigenvalue weighted by Crippen LogP contribution is 2.25. The molecule has 0 amide bonds. The Morgan fingerprint density at radius 3 is 2.93 bits per heavy atom. The molecule has 1 unspecified atom stereocenters. The lowest BCUT2D eigenvalue weighted by Gasteiger charge is -2.12. The number of benzene rings is 1. The van der Waals surface area contributed by atoms with Crippen LogP contribution in [0.3, 0.4) is 0 Å². The number of methoxy groups -OCH3 is 1. The number of aliphatic hydroxyl groups excluding tert-OH is 1. The van der Waals surface area contributed by atoms with E-state index < -0.39 is 11.4 Å². The first-order valence-corrected chi connectivity index (χ1v) is 8.68. The maximum Gasteiger partial charge on any atom is 0.278 e. The molecular weight excluding hydrogens is 369 g/mol. The highest BCUT2D eigenvalue weighted by Gasteiger charge is 2.23. The van der Waals surface area contributed by atoms with Crippen molar-refractivity contribution >= 4 is 16.6 Å². The molecule has 0 spiro atoms. The fraction of sp³-hybridized carbons (Fsp3) is 0.333. The van der Waals surface area contributed by atoms with E-state index in [2.05, 4.69) is 15.1 Å². The van der Waals surface area contributed by atoms with Crippen molar-refractivity contribution in [2.24, 2.45) is 0 Å². The molecule has 9 nitrogen and oxygen atoms in total. The lowest BCUT2D eigenvalue weighted by atomic mass is 10.2. The number of aromatic nitrogens is 5. The predicted molar refractivity (Wildman–Crippen MR) is 97.6 cm³/mol. The van der Waals surface area contributed by atoms with Gasteiger partial charge in [-0.1, -0.05) is 18.1 Å². The standard InChI is InChI=1S/C18H18FN5O4/c1-10(8-25)16-21-17(28-22-16)13-15-18(26)23(6-7-27-2)14-11(19)4-3-5-12(14)24(15)9-20-13/h3-5,9-10,25H,6-8H2,1-2H3. The normalized spacial score (nSPS) is 12.9. The summed E-state index contributed by atoms with van der Waals surface area (Å²) in [6, 6.07) is 4.57. The molecule has 4 aromatic rings. The van der Waals surface area contributed by atoms with Crippen molar-refractivity contribution in [3.63, 3.8) is 0 Å². The van der Waals surface area contributed by atoms with Gasteiger partial charge in [-0.3, -0.25) is 9.20 Å². The van der Waals surface area contributed by atoms with Gasteiger partial charge in [-0.2, -0.15) is 4.98 Å². The van der Waals surface area contributed by atoms with Crippen LogP contribution in [-0.4, -0.2) is 49.5 Å². The van der Waals surface area contributed by atoms with Crippen molar-refractivity contribution in [3.05, 3.63) is 46.5 Å². The summed E-state index contributed by atoms with van der Waals surface area (Å²) in [5.41, 5.74) is 0.596. The monoisotopic (exact) mass is 387 g/mol. The van der Waals surface area contributed by atoms with Gasteiger partial charge in [0.1, 0.15) is 23.2 Å². The molecule has 0 saturated heterocycles. The second kappa shape index (κ2) is 7.13. The highest BCUT2D eigenvalue weighted by molar-refractivity contribution is 5.83. The number of ether oxygens (including phenoxy) is 1. The van der Waals surface area contributed by atoms with Crippen molar-refractivity contribution in [1.82, 2.24) is 24.1 Å². The van der Waals surface area contributed by atoms with Crippen LogP contribution in [0.2, 0.25) is 0 Å². The van der Waals surface area contributed by atoms with Gasteiger partial charge in [0.05, 0.1) is 18.7 Å². The van der Waals surface area contributed by atoms with Crippen LogP contribution in [0.15, 0.2) is 33.8 Å². The number of rotatable bonds is 6. The lowest BCUT2D eigenvalue weighted by Crippen LogP contribution is -2.25. The summed E-state index contributed by atoms with van der Waals surface area (Å²) >= 11 is 0. The zero-order valence-electron chi connectivity index (χ0n) is 15.3. The number of fused-ring (bicyclic) bond motifs is 3. The van der Waals surface area contributed by atoms with Gasteiger partial charge in [0, 0.05) is 19.6 Å². The second-order valence-electron chi connectivity index (χ2n) is 6.41. The minimum atomic E-state index is -0.514. The molecule has 0 aliphatic carbocycles. The molecular formula is C18H18FN5O4. The number of nitrogens with zero attached hydrogens (tertiary/aromatic N) is 5. The van der Waals surface area contributed by atoms with Gasteiger partial charge in [0.2, 0.25) is 0 Å². The Balaban J connectivity index is 2.01. The van der Waals surface area contributed by atoms with E-state index in [-0.39, 0.29) is 48.3 Å². The molecule has 1 aromatic carbocycles. The van der Waals surface area contributed by atoms with E-state index in [1.54, 1.807) is 19.1 Å². The SMILES string of the molecule is COCCn1c(=O)c2c(-c3nc(C(C)CO)no3)ncn2c2cccc(F)c21. The number of para-hydroxylation sites is 1. The molecule has 3 aromatic heterocycles. The minimum Gasteiger partial charge on any atom is -0.396 e. The summed E-state index contributed by atoms with van der Waals surface area (Å²) < 4.78 is 27.7. The number of aliphatic hydroxyl groups is 1. The fourth-order valence-corrected chi connectivity index (χ4v) is 3.10. The largest absolute Gasteiger partial charge is 0.396 e. The fourth-order valence-electron chi connectivity index (χ4n) is 3.10. The zero-order chi connectivity index (χ0) is 19.8. The zero-order valence-corrected chi connectivity index (χ0v) is 15.3. The summed E-state index contributed by atoms with van der Waals surface area (Å²) in [4.78, 5) is 21.7. The quantitative estimate of drug-likeness (QED) is 0.535. The summed E-state index contributed by atoms with van der Waals surface area (Å²) in [6.07, 6.45) is 1.42. The molecule has 0 bridgehead atoms. The van der Waals surface area contributed by atoms with Crippen molar-refractivity contribution in [3.8, 4) is 11.6 Å². The van der Waals surface area contributed by atoms with Crippen molar-refractivity contribution < 1.29 is 18.8 Å². The van der Waals surface area contributed by atoms with Crippen molar-refractivity contribution in [2.75, 3.05) is 20.3 Å². The number of imidazole rings is 1. The molecule has 3 heterocycles. The van der Waals surface area contributed by atoms with Crippen molar-refractivity contribution in [2.45, 2.75) is 19.4 Å². The van der Waals surface area contributed by atoms with Gasteiger partial charge in [0.25, 0.3) is 11.4 Å². The molecule has 146 valence electrons. The molecule has 1 atom stereocenters. The topological polar surface area (TPSA) is 108 Å². The van der Waals surface area contributed by atoms with E-state index in [0.717, 1.165) is 0 Å². The Hall–Kier alpha value is -3.11. The van der Waals surface area contributed by atoms with Gasteiger partial charge in [-0.05, 0) is 12.1 Å². The molecule has 10 heteroatoms. The first-order chi connectivity index (χ1) is 13.6. The highest BCUT2D eigenvalue weighted by atomic mass is 19.1. The van der Waals surface area contributed by atoms with E-state index in [0.29, 0.717) is 11.3 Å². The summed E-state index contributed by atoms with van der Waals surface area (Å²) in [6.45, 7) is 2.01. The van der Waals surface area contributed by atoms with Crippen molar-refractivity contribution in [1.29, 1.82) is 0 Å². The molecule has 4 rings (SSSR count). The Bertz CT molecular complexity index is 1210. The molecule has 0 radical (unpaired) electrons. The third-order valence-electron chi connectivity index (χ3n) is 4.59. The van der Waals surface area contributed by atoms with E-state index in [1.807, 2.05) is 0 Å². The Labute approximate surface area is 158 Å². The molecule has 0 fully saturated rings. The van der Waals surface area contributed by atoms with Gasteiger partial charge in [-0.15, -0.1) is 0 Å². The maximum absolute atomic E-state index is 14.5. The minimum absolute atomic E-state index is 0.0592. The molecule has 28 heavy (non-hydrogen) atoms. The molecule has 1 N–H and O–H groups in total. The first-order valence-electron chi connectivity index (χ1n) is 8.68. The van der Waals surface area contributed by atoms with Crippen LogP contribution in [0.4, 0.5) is 4.39 Å². The van der Waals surface area contributed by atoms with Crippen LogP contribution in [0.5, 0.6) is 0 Å².